The maximum absolute atomic E-state index is 6.07. The lowest BCUT2D eigenvalue weighted by atomic mass is 9.99. The maximum Gasteiger partial charge on any atom is 0.139 e. The first-order valence-corrected chi connectivity index (χ1v) is 6.95. The highest BCUT2D eigenvalue weighted by atomic mass is 79.9. The van der Waals surface area contributed by atoms with Crippen LogP contribution in [0, 0.1) is 6.92 Å². The molecule has 0 saturated carbocycles. The summed E-state index contributed by atoms with van der Waals surface area (Å²) >= 11 is 3.39. The molecule has 2 atom stereocenters. The molecule has 0 aliphatic heterocycles. The Morgan fingerprint density at radius 2 is 2.00 bits per heavy atom. The Hall–Kier alpha value is -1.39. The molecule has 2 unspecified atom stereocenters. The first kappa shape index (κ1) is 14.0. The van der Waals surface area contributed by atoms with Crippen molar-refractivity contribution in [2.75, 3.05) is 0 Å². The van der Waals surface area contributed by atoms with E-state index in [0.717, 1.165) is 10.0 Å². The zero-order valence-corrected chi connectivity index (χ0v) is 12.6. The van der Waals surface area contributed by atoms with Crippen molar-refractivity contribution < 1.29 is 4.74 Å². The molecule has 1 aromatic heterocycles. The Labute approximate surface area is 121 Å². The van der Waals surface area contributed by atoms with Crippen LogP contribution >= 0.6 is 15.9 Å². The van der Waals surface area contributed by atoms with E-state index in [1.807, 2.05) is 25.1 Å². The number of pyridine rings is 1. The molecule has 19 heavy (non-hydrogen) atoms. The molecule has 1 aromatic carbocycles. The van der Waals surface area contributed by atoms with Crippen LogP contribution in [-0.2, 0) is 0 Å². The SMILES string of the molecule is Cc1ccccc1C(Oc1cncc(Br)c1)C(C)N. The van der Waals surface area contributed by atoms with Crippen molar-refractivity contribution in [3.63, 3.8) is 0 Å². The van der Waals surface area contributed by atoms with Crippen LogP contribution in [0.25, 0.3) is 0 Å². The second-order valence-corrected chi connectivity index (χ2v) is 5.51. The third kappa shape index (κ3) is 3.55. The summed E-state index contributed by atoms with van der Waals surface area (Å²) in [5.74, 6) is 0.708. The van der Waals surface area contributed by atoms with Gasteiger partial charge in [0.15, 0.2) is 0 Å². The molecule has 0 fully saturated rings. The number of aromatic nitrogens is 1. The van der Waals surface area contributed by atoms with Gasteiger partial charge in [0.05, 0.1) is 6.20 Å². The molecular formula is C15H17BrN2O. The van der Waals surface area contributed by atoms with Crippen molar-refractivity contribution in [1.82, 2.24) is 4.98 Å². The summed E-state index contributed by atoms with van der Waals surface area (Å²) in [6.07, 6.45) is 3.23. The zero-order valence-electron chi connectivity index (χ0n) is 11.0. The summed E-state index contributed by atoms with van der Waals surface area (Å²) in [4.78, 5) is 4.10. The maximum atomic E-state index is 6.07. The van der Waals surface area contributed by atoms with Crippen molar-refractivity contribution in [2.45, 2.75) is 26.0 Å². The first-order chi connectivity index (χ1) is 9.08. The van der Waals surface area contributed by atoms with Crippen LogP contribution in [0.2, 0.25) is 0 Å². The minimum atomic E-state index is -0.183. The molecule has 0 amide bonds. The molecule has 4 heteroatoms. The molecule has 100 valence electrons. The van der Waals surface area contributed by atoms with Crippen LogP contribution in [0.4, 0.5) is 0 Å². The van der Waals surface area contributed by atoms with Crippen LogP contribution in [0.1, 0.15) is 24.2 Å². The molecule has 3 nitrogen and oxygen atoms in total. The van der Waals surface area contributed by atoms with Crippen LogP contribution in [0.15, 0.2) is 47.2 Å². The molecule has 1 heterocycles. The van der Waals surface area contributed by atoms with Gasteiger partial charge in [-0.1, -0.05) is 24.3 Å². The van der Waals surface area contributed by atoms with E-state index in [1.54, 1.807) is 12.4 Å². The Kier molecular flexibility index (Phi) is 4.56. The van der Waals surface area contributed by atoms with Crippen LogP contribution < -0.4 is 10.5 Å². The largest absolute Gasteiger partial charge is 0.482 e. The Morgan fingerprint density at radius 1 is 1.26 bits per heavy atom. The summed E-state index contributed by atoms with van der Waals surface area (Å²) in [6, 6.07) is 9.90. The van der Waals surface area contributed by atoms with E-state index in [0.29, 0.717) is 5.75 Å². The quantitative estimate of drug-likeness (QED) is 0.936. The molecule has 0 radical (unpaired) electrons. The predicted molar refractivity (Wildman–Crippen MR) is 80.1 cm³/mol. The van der Waals surface area contributed by atoms with Crippen molar-refractivity contribution in [1.29, 1.82) is 0 Å². The lowest BCUT2D eigenvalue weighted by Gasteiger charge is -2.24. The van der Waals surface area contributed by atoms with Gasteiger partial charge in [-0.3, -0.25) is 4.98 Å². The van der Waals surface area contributed by atoms with Gasteiger partial charge in [0, 0.05) is 16.7 Å². The van der Waals surface area contributed by atoms with Crippen molar-refractivity contribution in [2.24, 2.45) is 5.73 Å². The number of hydrogen-bond acceptors (Lipinski definition) is 3. The molecule has 0 spiro atoms. The average Bonchev–Trinajstić information content (AvgIpc) is 2.37. The smallest absolute Gasteiger partial charge is 0.139 e. The zero-order chi connectivity index (χ0) is 13.8. The number of ether oxygens (including phenoxy) is 1. The summed E-state index contributed by atoms with van der Waals surface area (Å²) in [5, 5.41) is 0. The van der Waals surface area contributed by atoms with Gasteiger partial charge in [0.1, 0.15) is 11.9 Å². The third-order valence-corrected chi connectivity index (χ3v) is 3.35. The highest BCUT2D eigenvalue weighted by Gasteiger charge is 2.20. The summed E-state index contributed by atoms with van der Waals surface area (Å²) in [5.41, 5.74) is 8.35. The average molecular weight is 321 g/mol. The number of rotatable bonds is 4. The van der Waals surface area contributed by atoms with Crippen LogP contribution in [0.5, 0.6) is 5.75 Å². The van der Waals surface area contributed by atoms with E-state index >= 15 is 0 Å². The lowest BCUT2D eigenvalue weighted by Crippen LogP contribution is -2.29. The molecule has 0 bridgehead atoms. The summed E-state index contributed by atoms with van der Waals surface area (Å²) in [6.45, 7) is 4.01. The van der Waals surface area contributed by atoms with Gasteiger partial charge in [0.25, 0.3) is 0 Å². The second kappa shape index (κ2) is 6.17. The Balaban J connectivity index is 2.29. The molecule has 2 aromatic rings. The van der Waals surface area contributed by atoms with E-state index in [2.05, 4.69) is 40.0 Å². The normalized spacial score (nSPS) is 13.9. The van der Waals surface area contributed by atoms with Crippen molar-refractivity contribution in [3.8, 4) is 5.75 Å². The fraction of sp³-hybridized carbons (Fsp3) is 0.267. The Morgan fingerprint density at radius 3 is 2.63 bits per heavy atom. The molecular weight excluding hydrogens is 304 g/mol. The van der Waals surface area contributed by atoms with E-state index < -0.39 is 0 Å². The van der Waals surface area contributed by atoms with E-state index in [4.69, 9.17) is 10.5 Å². The Bertz CT molecular complexity index is 557. The standard InChI is InChI=1S/C15H17BrN2O/c1-10-5-3-4-6-14(10)15(11(2)17)19-13-7-12(16)8-18-9-13/h3-9,11,15H,17H2,1-2H3. The summed E-state index contributed by atoms with van der Waals surface area (Å²) in [7, 11) is 0. The van der Waals surface area contributed by atoms with E-state index in [9.17, 15) is 0 Å². The van der Waals surface area contributed by atoms with Gasteiger partial charge in [-0.05, 0) is 47.0 Å². The fourth-order valence-corrected chi connectivity index (χ4v) is 2.31. The van der Waals surface area contributed by atoms with Crippen molar-refractivity contribution >= 4 is 15.9 Å². The van der Waals surface area contributed by atoms with Gasteiger partial charge < -0.3 is 10.5 Å². The highest BCUT2D eigenvalue weighted by Crippen LogP contribution is 2.27. The lowest BCUT2D eigenvalue weighted by molar-refractivity contribution is 0.179. The van der Waals surface area contributed by atoms with Gasteiger partial charge in [-0.15, -0.1) is 0 Å². The van der Waals surface area contributed by atoms with Crippen LogP contribution in [0.3, 0.4) is 0 Å². The van der Waals surface area contributed by atoms with Gasteiger partial charge in [-0.2, -0.15) is 0 Å². The minimum Gasteiger partial charge on any atom is -0.482 e. The summed E-state index contributed by atoms with van der Waals surface area (Å²) < 4.78 is 6.89. The third-order valence-electron chi connectivity index (χ3n) is 2.92. The monoisotopic (exact) mass is 320 g/mol. The highest BCUT2D eigenvalue weighted by molar-refractivity contribution is 9.10. The molecule has 0 aliphatic carbocycles. The number of nitrogens with zero attached hydrogens (tertiary/aromatic N) is 1. The molecule has 0 saturated heterocycles. The number of hydrogen-bond donors (Lipinski definition) is 1. The minimum absolute atomic E-state index is 0.111. The van der Waals surface area contributed by atoms with Gasteiger partial charge >= 0.3 is 0 Å². The van der Waals surface area contributed by atoms with Crippen LogP contribution in [-0.4, -0.2) is 11.0 Å². The second-order valence-electron chi connectivity index (χ2n) is 4.59. The molecule has 0 aliphatic rings. The fourth-order valence-electron chi connectivity index (χ4n) is 1.96. The number of halogens is 1. The van der Waals surface area contributed by atoms with E-state index in [1.165, 1.54) is 5.56 Å². The topological polar surface area (TPSA) is 48.1 Å². The number of benzene rings is 1. The van der Waals surface area contributed by atoms with Gasteiger partial charge in [0.2, 0.25) is 0 Å². The molecule has 2 rings (SSSR count). The van der Waals surface area contributed by atoms with Gasteiger partial charge in [-0.25, -0.2) is 0 Å². The first-order valence-electron chi connectivity index (χ1n) is 6.16. The predicted octanol–water partition coefficient (Wildman–Crippen LogP) is 3.62. The number of aryl methyl sites for hydroxylation is 1. The molecule has 2 N–H and O–H groups in total. The van der Waals surface area contributed by atoms with Crippen molar-refractivity contribution in [3.05, 3.63) is 58.3 Å². The number of nitrogens with two attached hydrogens (primary N) is 1. The van der Waals surface area contributed by atoms with E-state index in [-0.39, 0.29) is 12.1 Å².